The van der Waals surface area contributed by atoms with E-state index in [-0.39, 0.29) is 29.8 Å². The van der Waals surface area contributed by atoms with Crippen LogP contribution in [0.15, 0.2) is 65.7 Å². The molecular formula is C25H33FIN5. The second-order valence-electron chi connectivity index (χ2n) is 8.12. The van der Waals surface area contributed by atoms with Crippen LogP contribution in [0.25, 0.3) is 0 Å². The number of guanidine groups is 1. The van der Waals surface area contributed by atoms with Gasteiger partial charge in [-0.1, -0.05) is 30.4 Å². The van der Waals surface area contributed by atoms with Crippen molar-refractivity contribution in [1.29, 1.82) is 0 Å². The molecule has 2 N–H and O–H groups in total. The molecule has 1 saturated heterocycles. The molecule has 0 aromatic heterocycles. The van der Waals surface area contributed by atoms with Gasteiger partial charge in [-0.25, -0.2) is 9.38 Å². The van der Waals surface area contributed by atoms with Gasteiger partial charge in [0.1, 0.15) is 5.82 Å². The van der Waals surface area contributed by atoms with Gasteiger partial charge in [-0.3, -0.25) is 0 Å². The fourth-order valence-electron chi connectivity index (χ4n) is 4.14. The third-order valence-electron chi connectivity index (χ3n) is 5.89. The van der Waals surface area contributed by atoms with E-state index in [2.05, 4.69) is 63.8 Å². The lowest BCUT2D eigenvalue weighted by Gasteiger charge is -2.34. The summed E-state index contributed by atoms with van der Waals surface area (Å²) in [4.78, 5) is 9.39. The summed E-state index contributed by atoms with van der Waals surface area (Å²) >= 11 is 0. The van der Waals surface area contributed by atoms with Gasteiger partial charge in [-0.15, -0.1) is 24.0 Å². The monoisotopic (exact) mass is 549 g/mol. The van der Waals surface area contributed by atoms with Gasteiger partial charge in [-0.2, -0.15) is 0 Å². The van der Waals surface area contributed by atoms with Gasteiger partial charge in [0.25, 0.3) is 0 Å². The van der Waals surface area contributed by atoms with Crippen molar-refractivity contribution in [3.8, 4) is 0 Å². The Labute approximate surface area is 207 Å². The van der Waals surface area contributed by atoms with Crippen LogP contribution < -0.4 is 20.4 Å². The molecule has 0 saturated carbocycles. The summed E-state index contributed by atoms with van der Waals surface area (Å²) in [6.07, 6.45) is 6.41. The van der Waals surface area contributed by atoms with Crippen LogP contribution in [0.2, 0.25) is 0 Å². The van der Waals surface area contributed by atoms with Gasteiger partial charge in [0.2, 0.25) is 0 Å². The number of hydrogen-bond acceptors (Lipinski definition) is 3. The highest BCUT2D eigenvalue weighted by molar-refractivity contribution is 14.0. The van der Waals surface area contributed by atoms with Crippen molar-refractivity contribution in [2.75, 3.05) is 42.5 Å². The predicted octanol–water partition coefficient (Wildman–Crippen LogP) is 4.54. The molecule has 0 aliphatic carbocycles. The molecule has 0 amide bonds. The normalized spacial score (nSPS) is 16.8. The van der Waals surface area contributed by atoms with Crippen LogP contribution in [0, 0.1) is 5.82 Å². The Morgan fingerprint density at radius 2 is 1.72 bits per heavy atom. The summed E-state index contributed by atoms with van der Waals surface area (Å²) in [5.41, 5.74) is 3.43. The topological polar surface area (TPSA) is 42.9 Å². The maximum atomic E-state index is 13.5. The molecule has 5 nitrogen and oxygen atoms in total. The summed E-state index contributed by atoms with van der Waals surface area (Å²) in [5, 5.41) is 6.95. The quantitative estimate of drug-likeness (QED) is 0.240. The van der Waals surface area contributed by atoms with Crippen molar-refractivity contribution in [2.45, 2.75) is 32.4 Å². The number of anilines is 2. The summed E-state index contributed by atoms with van der Waals surface area (Å²) in [7, 11) is 0. The summed E-state index contributed by atoms with van der Waals surface area (Å²) in [6.45, 7) is 7.36. The molecule has 0 radical (unpaired) electrons. The van der Waals surface area contributed by atoms with Crippen molar-refractivity contribution in [3.05, 3.63) is 72.1 Å². The molecule has 7 heteroatoms. The lowest BCUT2D eigenvalue weighted by molar-refractivity contribution is 0.461. The second-order valence-corrected chi connectivity index (χ2v) is 8.12. The molecule has 0 atom stereocenters. The SMILES string of the molecule is CCNC(=NCc1ccc(N2CC=CC2)cc1)NC1CCN(c2cccc(F)c2)CC1.I. The minimum Gasteiger partial charge on any atom is -0.371 e. The highest BCUT2D eigenvalue weighted by Gasteiger charge is 2.20. The Bertz CT molecular complexity index is 899. The smallest absolute Gasteiger partial charge is 0.191 e. The molecule has 2 aliphatic heterocycles. The van der Waals surface area contributed by atoms with Crippen LogP contribution in [-0.2, 0) is 6.54 Å². The largest absolute Gasteiger partial charge is 0.371 e. The molecule has 1 fully saturated rings. The van der Waals surface area contributed by atoms with Gasteiger partial charge >= 0.3 is 0 Å². The van der Waals surface area contributed by atoms with E-state index in [4.69, 9.17) is 4.99 Å². The Morgan fingerprint density at radius 1 is 1.00 bits per heavy atom. The van der Waals surface area contributed by atoms with Crippen molar-refractivity contribution >= 4 is 41.3 Å². The molecule has 2 heterocycles. The zero-order valence-electron chi connectivity index (χ0n) is 18.6. The summed E-state index contributed by atoms with van der Waals surface area (Å²) < 4.78 is 13.5. The van der Waals surface area contributed by atoms with Crippen molar-refractivity contribution in [2.24, 2.45) is 4.99 Å². The van der Waals surface area contributed by atoms with E-state index >= 15 is 0 Å². The molecular weight excluding hydrogens is 516 g/mol. The lowest BCUT2D eigenvalue weighted by Crippen LogP contribution is -2.48. The molecule has 0 spiro atoms. The van der Waals surface area contributed by atoms with E-state index in [1.54, 1.807) is 12.1 Å². The molecule has 2 aromatic carbocycles. The average molecular weight is 549 g/mol. The van der Waals surface area contributed by atoms with Crippen molar-refractivity contribution < 1.29 is 4.39 Å². The Hall–Kier alpha value is -2.29. The van der Waals surface area contributed by atoms with E-state index in [1.807, 2.05) is 6.07 Å². The number of halogens is 2. The Morgan fingerprint density at radius 3 is 2.38 bits per heavy atom. The van der Waals surface area contributed by atoms with Crippen molar-refractivity contribution in [1.82, 2.24) is 10.6 Å². The van der Waals surface area contributed by atoms with Crippen LogP contribution >= 0.6 is 24.0 Å². The summed E-state index contributed by atoms with van der Waals surface area (Å²) in [5.74, 6) is 0.684. The number of hydrogen-bond donors (Lipinski definition) is 2. The predicted molar refractivity (Wildman–Crippen MR) is 143 cm³/mol. The molecule has 0 bridgehead atoms. The number of nitrogens with zero attached hydrogens (tertiary/aromatic N) is 3. The van der Waals surface area contributed by atoms with E-state index in [0.29, 0.717) is 12.6 Å². The fourth-order valence-corrected chi connectivity index (χ4v) is 4.14. The van der Waals surface area contributed by atoms with Gasteiger partial charge in [0.05, 0.1) is 6.54 Å². The average Bonchev–Trinajstić information content (AvgIpc) is 3.34. The third kappa shape index (κ3) is 6.60. The first-order chi connectivity index (χ1) is 15.2. The van der Waals surface area contributed by atoms with Gasteiger partial charge in [-0.05, 0) is 55.7 Å². The number of rotatable bonds is 6. The Balaban J connectivity index is 0.00000289. The van der Waals surface area contributed by atoms with E-state index in [9.17, 15) is 4.39 Å². The first-order valence-corrected chi connectivity index (χ1v) is 11.3. The van der Waals surface area contributed by atoms with E-state index < -0.39 is 0 Å². The second kappa shape index (κ2) is 12.1. The number of piperidine rings is 1. The van der Waals surface area contributed by atoms with Crippen LogP contribution in [0.5, 0.6) is 0 Å². The highest BCUT2D eigenvalue weighted by Crippen LogP contribution is 2.21. The number of aliphatic imine (C=N–C) groups is 1. The first kappa shape index (κ1) is 24.4. The molecule has 172 valence electrons. The van der Waals surface area contributed by atoms with E-state index in [1.165, 1.54) is 17.3 Å². The minimum atomic E-state index is -0.176. The van der Waals surface area contributed by atoms with Gasteiger partial charge < -0.3 is 20.4 Å². The maximum absolute atomic E-state index is 13.5. The molecule has 32 heavy (non-hydrogen) atoms. The molecule has 0 unspecified atom stereocenters. The minimum absolute atomic E-state index is 0. The molecule has 4 rings (SSSR count). The van der Waals surface area contributed by atoms with E-state index in [0.717, 1.165) is 57.2 Å². The first-order valence-electron chi connectivity index (χ1n) is 11.3. The van der Waals surface area contributed by atoms with Crippen LogP contribution in [0.1, 0.15) is 25.3 Å². The summed E-state index contributed by atoms with van der Waals surface area (Å²) in [6, 6.07) is 15.9. The van der Waals surface area contributed by atoms with Crippen LogP contribution in [0.3, 0.4) is 0 Å². The third-order valence-corrected chi connectivity index (χ3v) is 5.89. The fraction of sp³-hybridized carbons (Fsp3) is 0.400. The number of nitrogens with one attached hydrogen (secondary N) is 2. The van der Waals surface area contributed by atoms with Crippen molar-refractivity contribution in [3.63, 3.8) is 0 Å². The highest BCUT2D eigenvalue weighted by atomic mass is 127. The number of benzene rings is 2. The van der Waals surface area contributed by atoms with Crippen LogP contribution in [0.4, 0.5) is 15.8 Å². The van der Waals surface area contributed by atoms with Gasteiger partial charge in [0.15, 0.2) is 5.96 Å². The molecule has 2 aromatic rings. The zero-order valence-corrected chi connectivity index (χ0v) is 21.0. The van der Waals surface area contributed by atoms with Crippen LogP contribution in [-0.4, -0.2) is 44.7 Å². The van der Waals surface area contributed by atoms with Gasteiger partial charge in [0, 0.05) is 50.1 Å². The zero-order chi connectivity index (χ0) is 21.5. The standard InChI is InChI=1S/C25H32FN5.HI/c1-2-27-25(28-19-20-8-10-23(11-9-20)30-14-3-4-15-30)29-22-12-16-31(17-13-22)24-7-5-6-21(26)18-24;/h3-11,18,22H,2,12-17,19H2,1H3,(H2,27,28,29);1H. The maximum Gasteiger partial charge on any atom is 0.191 e. The lowest BCUT2D eigenvalue weighted by atomic mass is 10.0. The molecule has 2 aliphatic rings. The Kier molecular flexibility index (Phi) is 9.20.